The van der Waals surface area contributed by atoms with Gasteiger partial charge in [0.25, 0.3) is 0 Å². The molecule has 3 heterocycles. The molecule has 0 bridgehead atoms. The fourth-order valence-corrected chi connectivity index (χ4v) is 3.56. The molecule has 10 heteroatoms. The largest absolute Gasteiger partial charge is 0.473 e. The number of hydrogen-bond acceptors (Lipinski definition) is 8. The number of nitrogens with one attached hydrogen (secondary N) is 1. The van der Waals surface area contributed by atoms with Crippen LogP contribution >= 0.6 is 11.3 Å². The summed E-state index contributed by atoms with van der Waals surface area (Å²) in [6, 6.07) is 1.91. The normalized spacial score (nSPS) is 15.4. The van der Waals surface area contributed by atoms with Gasteiger partial charge in [0, 0.05) is 26.6 Å². The predicted molar refractivity (Wildman–Crippen MR) is 92.0 cm³/mol. The number of thiazole rings is 1. The average Bonchev–Trinajstić information content (AvgIpc) is 2.95. The molecule has 26 heavy (non-hydrogen) atoms. The van der Waals surface area contributed by atoms with Crippen LogP contribution in [0.3, 0.4) is 0 Å². The Morgan fingerprint density at radius 1 is 1.46 bits per heavy atom. The molecule has 2 aromatic heterocycles. The Morgan fingerprint density at radius 3 is 2.85 bits per heavy atom. The van der Waals surface area contributed by atoms with Gasteiger partial charge in [0.05, 0.1) is 17.3 Å². The Hall–Kier alpha value is -2.64. The van der Waals surface area contributed by atoms with E-state index in [0.29, 0.717) is 17.3 Å². The zero-order chi connectivity index (χ0) is 18.5. The van der Waals surface area contributed by atoms with Crippen molar-refractivity contribution in [1.29, 1.82) is 5.26 Å². The van der Waals surface area contributed by atoms with E-state index in [1.807, 2.05) is 6.07 Å². The SMILES string of the molecule is CC(=O)Nc1nc(F)c(CN2CCC(Oc3cnc(C#N)cn3)CC2)s1. The van der Waals surface area contributed by atoms with Crippen LogP contribution in [0.2, 0.25) is 0 Å². The second kappa shape index (κ2) is 8.16. The lowest BCUT2D eigenvalue weighted by Crippen LogP contribution is -2.37. The van der Waals surface area contributed by atoms with Gasteiger partial charge in [-0.1, -0.05) is 11.3 Å². The second-order valence-corrected chi connectivity index (χ2v) is 6.94. The van der Waals surface area contributed by atoms with Crippen LogP contribution in [-0.4, -0.2) is 45.0 Å². The second-order valence-electron chi connectivity index (χ2n) is 5.86. The van der Waals surface area contributed by atoms with Crippen molar-refractivity contribution < 1.29 is 13.9 Å². The number of rotatable bonds is 5. The van der Waals surface area contributed by atoms with Crippen molar-refractivity contribution in [3.63, 3.8) is 0 Å². The summed E-state index contributed by atoms with van der Waals surface area (Å²) < 4.78 is 19.7. The summed E-state index contributed by atoms with van der Waals surface area (Å²) in [5, 5.41) is 11.5. The molecule has 1 amide bonds. The average molecular weight is 376 g/mol. The van der Waals surface area contributed by atoms with Gasteiger partial charge < -0.3 is 10.1 Å². The Morgan fingerprint density at radius 2 is 2.23 bits per heavy atom. The first-order valence-electron chi connectivity index (χ1n) is 8.07. The minimum atomic E-state index is -0.537. The van der Waals surface area contributed by atoms with Crippen molar-refractivity contribution in [3.05, 3.63) is 28.9 Å². The quantitative estimate of drug-likeness (QED) is 0.850. The third-order valence-electron chi connectivity index (χ3n) is 3.86. The van der Waals surface area contributed by atoms with Crippen LogP contribution in [0.4, 0.5) is 9.52 Å². The molecule has 2 aromatic rings. The maximum absolute atomic E-state index is 13.9. The topological polar surface area (TPSA) is 104 Å². The van der Waals surface area contributed by atoms with E-state index < -0.39 is 5.95 Å². The minimum Gasteiger partial charge on any atom is -0.473 e. The molecule has 0 spiro atoms. The van der Waals surface area contributed by atoms with Crippen LogP contribution < -0.4 is 10.1 Å². The van der Waals surface area contributed by atoms with Gasteiger partial charge in [-0.2, -0.15) is 14.6 Å². The van der Waals surface area contributed by atoms with Crippen LogP contribution in [0.5, 0.6) is 5.88 Å². The monoisotopic (exact) mass is 376 g/mol. The number of amides is 1. The maximum Gasteiger partial charge on any atom is 0.232 e. The number of hydrogen-bond donors (Lipinski definition) is 1. The molecule has 0 unspecified atom stereocenters. The smallest absolute Gasteiger partial charge is 0.232 e. The van der Waals surface area contributed by atoms with Crippen molar-refractivity contribution in [2.24, 2.45) is 0 Å². The molecule has 0 radical (unpaired) electrons. The first-order chi connectivity index (χ1) is 12.5. The highest BCUT2D eigenvalue weighted by Gasteiger charge is 2.23. The number of piperidine rings is 1. The Labute approximate surface area is 153 Å². The molecule has 0 saturated carbocycles. The van der Waals surface area contributed by atoms with E-state index in [0.717, 1.165) is 37.3 Å². The number of halogens is 1. The van der Waals surface area contributed by atoms with Gasteiger partial charge in [0.2, 0.25) is 17.7 Å². The van der Waals surface area contributed by atoms with Crippen molar-refractivity contribution in [3.8, 4) is 11.9 Å². The number of nitrogens with zero attached hydrogens (tertiary/aromatic N) is 5. The zero-order valence-electron chi connectivity index (χ0n) is 14.1. The van der Waals surface area contributed by atoms with E-state index in [1.54, 1.807) is 0 Å². The molecule has 1 saturated heterocycles. The molecular weight excluding hydrogens is 359 g/mol. The van der Waals surface area contributed by atoms with Crippen LogP contribution in [0.25, 0.3) is 0 Å². The van der Waals surface area contributed by atoms with Crippen molar-refractivity contribution in [2.45, 2.75) is 32.4 Å². The maximum atomic E-state index is 13.9. The number of anilines is 1. The molecule has 1 N–H and O–H groups in total. The van der Waals surface area contributed by atoms with E-state index in [9.17, 15) is 9.18 Å². The third kappa shape index (κ3) is 4.71. The van der Waals surface area contributed by atoms with E-state index >= 15 is 0 Å². The molecule has 1 aliphatic heterocycles. The van der Waals surface area contributed by atoms with Crippen molar-refractivity contribution in [2.75, 3.05) is 18.4 Å². The summed E-state index contributed by atoms with van der Waals surface area (Å²) in [5.74, 6) is -0.407. The zero-order valence-corrected chi connectivity index (χ0v) is 14.9. The Bertz CT molecular complexity index is 811. The van der Waals surface area contributed by atoms with Crippen LogP contribution in [-0.2, 0) is 11.3 Å². The molecule has 1 aliphatic rings. The lowest BCUT2D eigenvalue weighted by atomic mass is 10.1. The number of likely N-dealkylation sites (tertiary alicyclic amines) is 1. The van der Waals surface area contributed by atoms with Crippen molar-refractivity contribution >= 4 is 22.4 Å². The fourth-order valence-electron chi connectivity index (χ4n) is 2.63. The number of carbonyl (C=O) groups excluding carboxylic acids is 1. The fraction of sp³-hybridized carbons (Fsp3) is 0.438. The summed E-state index contributed by atoms with van der Waals surface area (Å²) in [6.07, 6.45) is 4.39. The van der Waals surface area contributed by atoms with Gasteiger partial charge >= 0.3 is 0 Å². The molecule has 1 fully saturated rings. The lowest BCUT2D eigenvalue weighted by molar-refractivity contribution is -0.114. The van der Waals surface area contributed by atoms with Crippen LogP contribution in [0.1, 0.15) is 30.3 Å². The van der Waals surface area contributed by atoms with E-state index in [4.69, 9.17) is 10.00 Å². The number of ether oxygens (including phenoxy) is 1. The highest BCUT2D eigenvalue weighted by Crippen LogP contribution is 2.25. The van der Waals surface area contributed by atoms with Crippen LogP contribution in [0, 0.1) is 17.3 Å². The van der Waals surface area contributed by atoms with Gasteiger partial charge in [-0.25, -0.2) is 9.97 Å². The van der Waals surface area contributed by atoms with Gasteiger partial charge in [-0.05, 0) is 12.8 Å². The number of nitriles is 1. The molecule has 0 aliphatic carbocycles. The standard InChI is InChI=1S/C16H17FN6O2S/c1-10(24)21-16-22-15(17)13(26-16)9-23-4-2-12(3-5-23)25-14-8-19-11(6-18)7-20-14/h7-8,12H,2-5,9H2,1H3,(H,21,22,24). The van der Waals surface area contributed by atoms with E-state index in [-0.39, 0.29) is 22.8 Å². The first-order valence-corrected chi connectivity index (χ1v) is 8.89. The van der Waals surface area contributed by atoms with E-state index in [2.05, 4.69) is 25.2 Å². The van der Waals surface area contributed by atoms with E-state index in [1.165, 1.54) is 19.3 Å². The lowest BCUT2D eigenvalue weighted by Gasteiger charge is -2.31. The van der Waals surface area contributed by atoms with Gasteiger partial charge in [-0.3, -0.25) is 9.69 Å². The third-order valence-corrected chi connectivity index (χ3v) is 4.80. The Balaban J connectivity index is 1.50. The minimum absolute atomic E-state index is 0.00901. The van der Waals surface area contributed by atoms with Crippen LogP contribution in [0.15, 0.2) is 12.4 Å². The Kier molecular flexibility index (Phi) is 5.70. The summed E-state index contributed by atoms with van der Waals surface area (Å²) in [6.45, 7) is 3.32. The van der Waals surface area contributed by atoms with Crippen molar-refractivity contribution in [1.82, 2.24) is 19.9 Å². The highest BCUT2D eigenvalue weighted by atomic mass is 32.1. The molecule has 0 atom stereocenters. The number of aromatic nitrogens is 3. The molecular formula is C16H17FN6O2S. The molecule has 8 nitrogen and oxygen atoms in total. The molecule has 0 aromatic carbocycles. The predicted octanol–water partition coefficient (Wildman–Crippen LogP) is 1.95. The summed E-state index contributed by atoms with van der Waals surface area (Å²) in [5.41, 5.74) is 0.248. The van der Waals surface area contributed by atoms with Gasteiger partial charge in [-0.15, -0.1) is 0 Å². The summed E-state index contributed by atoms with van der Waals surface area (Å²) in [4.78, 5) is 25.4. The summed E-state index contributed by atoms with van der Waals surface area (Å²) in [7, 11) is 0. The van der Waals surface area contributed by atoms with Gasteiger partial charge in [0.1, 0.15) is 12.2 Å². The number of carbonyl (C=O) groups is 1. The first kappa shape index (κ1) is 18.2. The molecule has 3 rings (SSSR count). The summed E-state index contributed by atoms with van der Waals surface area (Å²) >= 11 is 1.15. The molecule has 136 valence electrons. The van der Waals surface area contributed by atoms with Gasteiger partial charge in [0.15, 0.2) is 10.8 Å². The highest BCUT2D eigenvalue weighted by molar-refractivity contribution is 7.15.